The number of aryl methyl sites for hydroxylation is 1. The highest BCUT2D eigenvalue weighted by Crippen LogP contribution is 2.41. The summed E-state index contributed by atoms with van der Waals surface area (Å²) >= 11 is 1.94. The molecule has 0 saturated carbocycles. The van der Waals surface area contributed by atoms with Crippen LogP contribution in [0, 0.1) is 0 Å². The van der Waals surface area contributed by atoms with E-state index in [1.165, 1.54) is 17.8 Å². The first-order valence-electron chi connectivity index (χ1n) is 12.6. The van der Waals surface area contributed by atoms with E-state index in [-0.39, 0.29) is 15.6 Å². The average molecular weight is 576 g/mol. The van der Waals surface area contributed by atoms with Crippen LogP contribution in [0.3, 0.4) is 0 Å². The number of hydrogen-bond acceptors (Lipinski definition) is 10. The molecule has 0 aliphatic rings. The molecule has 0 saturated heterocycles. The lowest BCUT2D eigenvalue weighted by Gasteiger charge is -2.30. The fourth-order valence-corrected chi connectivity index (χ4v) is 5.87. The molecule has 37 heavy (non-hydrogen) atoms. The predicted molar refractivity (Wildman–Crippen MR) is 158 cm³/mol. The van der Waals surface area contributed by atoms with E-state index >= 15 is 0 Å². The summed E-state index contributed by atoms with van der Waals surface area (Å²) in [5, 5.41) is 18.2. The first-order chi connectivity index (χ1) is 17.4. The van der Waals surface area contributed by atoms with E-state index < -0.39 is 15.6 Å². The summed E-state index contributed by atoms with van der Waals surface area (Å²) in [7, 11) is -2.35. The molecule has 0 amide bonds. The number of sulfonamides is 1. The molecule has 0 aromatic carbocycles. The fraction of sp³-hybridized carbons (Fsp3) is 0.600. The van der Waals surface area contributed by atoms with Crippen molar-refractivity contribution in [2.24, 2.45) is 0 Å². The Morgan fingerprint density at radius 3 is 2.16 bits per heavy atom. The number of nitrogens with one attached hydrogen (secondary N) is 2. The number of furan rings is 1. The van der Waals surface area contributed by atoms with Crippen LogP contribution >= 0.6 is 23.1 Å². The largest absolute Gasteiger partial charge is 0.504 e. The number of hydrogen-bond donors (Lipinski definition) is 3. The Morgan fingerprint density at radius 2 is 1.65 bits per heavy atom. The van der Waals surface area contributed by atoms with Gasteiger partial charge in [-0.2, -0.15) is 13.1 Å². The van der Waals surface area contributed by atoms with Gasteiger partial charge in [-0.1, -0.05) is 54.9 Å². The normalized spacial score (nSPS) is 10.9. The molecule has 12 heteroatoms. The molecule has 3 aromatic rings. The topological polar surface area (TPSA) is 121 Å². The van der Waals surface area contributed by atoms with Crippen molar-refractivity contribution in [2.75, 3.05) is 17.7 Å². The quantitative estimate of drug-likeness (QED) is 0.250. The van der Waals surface area contributed by atoms with Gasteiger partial charge in [0, 0.05) is 18.0 Å². The van der Waals surface area contributed by atoms with E-state index in [1.807, 2.05) is 33.8 Å². The van der Waals surface area contributed by atoms with Crippen LogP contribution in [-0.2, 0) is 23.0 Å². The molecule has 0 spiro atoms. The molecule has 0 radical (unpaired) electrons. The van der Waals surface area contributed by atoms with E-state index in [9.17, 15) is 13.5 Å². The van der Waals surface area contributed by atoms with Gasteiger partial charge in [-0.25, -0.2) is 8.42 Å². The molecule has 0 bridgehead atoms. The Balaban J connectivity index is 0.00000169. The van der Waals surface area contributed by atoms with Crippen LogP contribution in [0.15, 0.2) is 26.3 Å². The molecule has 3 heterocycles. The Morgan fingerprint density at radius 1 is 1.08 bits per heavy atom. The van der Waals surface area contributed by atoms with Gasteiger partial charge < -0.3 is 20.2 Å². The number of rotatable bonds is 8. The van der Waals surface area contributed by atoms with E-state index in [1.54, 1.807) is 32.4 Å². The average Bonchev–Trinajstić information content (AvgIpc) is 3.61. The lowest BCUT2D eigenvalue weighted by Crippen LogP contribution is -2.42. The second-order valence-corrected chi connectivity index (χ2v) is 11.9. The first kappa shape index (κ1) is 34.9. The van der Waals surface area contributed by atoms with Crippen LogP contribution in [0.1, 0.15) is 87.0 Å². The lowest BCUT2D eigenvalue weighted by molar-refractivity contribution is 0.291. The van der Waals surface area contributed by atoms with Crippen LogP contribution in [0.2, 0.25) is 0 Å². The van der Waals surface area contributed by atoms with Crippen LogP contribution in [-0.4, -0.2) is 39.2 Å². The Hall–Kier alpha value is -2.15. The van der Waals surface area contributed by atoms with Gasteiger partial charge >= 0.3 is 0 Å². The summed E-state index contributed by atoms with van der Waals surface area (Å²) < 4.78 is 40.7. The highest BCUT2D eigenvalue weighted by molar-refractivity contribution is 7.91. The molecule has 0 unspecified atom stereocenters. The molecular weight excluding hydrogens is 531 g/mol. The molecule has 212 valence electrons. The van der Waals surface area contributed by atoms with Gasteiger partial charge in [0.25, 0.3) is 10.0 Å². The third-order valence-electron chi connectivity index (χ3n) is 4.56. The zero-order valence-electron chi connectivity index (χ0n) is 24.1. The number of anilines is 3. The minimum atomic E-state index is -3.84. The summed E-state index contributed by atoms with van der Waals surface area (Å²) in [6.07, 6.45) is 3.86. The van der Waals surface area contributed by atoms with Crippen molar-refractivity contribution in [1.29, 1.82) is 0 Å². The number of thiophene rings is 1. The standard InChI is InChI=1S/C18H25N5O4S3.C3H8.2C2H6/c1-6-11-7-12(27-9-11)8-19-15-16(22-29-21-15)20-13-10-28-17(14(13)24)30(25,26)23(5)18(2,3)4;1-3-2;2*1-2/h7,9-10,24H,6,8H2,1-5H3,(H,19,21)(H,20,22);3H2,1-2H3;2*1-2H3. The monoisotopic (exact) mass is 575 g/mol. The summed E-state index contributed by atoms with van der Waals surface area (Å²) in [5.41, 5.74) is 0.740. The van der Waals surface area contributed by atoms with E-state index in [0.29, 0.717) is 18.2 Å². The third kappa shape index (κ3) is 9.91. The number of aromatic hydroxyl groups is 1. The van der Waals surface area contributed by atoms with Gasteiger partial charge in [-0.05, 0) is 38.8 Å². The smallest absolute Gasteiger partial charge is 0.256 e. The minimum absolute atomic E-state index is 0.122. The lowest BCUT2D eigenvalue weighted by atomic mass is 10.1. The van der Waals surface area contributed by atoms with Crippen molar-refractivity contribution in [3.8, 4) is 5.75 Å². The van der Waals surface area contributed by atoms with Gasteiger partial charge in [-0.3, -0.25) is 0 Å². The maximum absolute atomic E-state index is 12.9. The van der Waals surface area contributed by atoms with Crippen molar-refractivity contribution in [3.05, 3.63) is 29.0 Å². The van der Waals surface area contributed by atoms with Crippen LogP contribution < -0.4 is 10.6 Å². The molecule has 0 aliphatic carbocycles. The first-order valence-corrected chi connectivity index (χ1v) is 15.7. The molecule has 3 rings (SSSR count). The fourth-order valence-electron chi connectivity index (χ4n) is 2.48. The predicted octanol–water partition coefficient (Wildman–Crippen LogP) is 7.70. The molecular formula is C25H45N5O4S3. The van der Waals surface area contributed by atoms with Gasteiger partial charge in [-0.15, -0.1) is 11.3 Å². The van der Waals surface area contributed by atoms with Crippen LogP contribution in [0.4, 0.5) is 17.3 Å². The summed E-state index contributed by atoms with van der Waals surface area (Å²) in [5.74, 6) is 1.30. The van der Waals surface area contributed by atoms with Gasteiger partial charge in [0.05, 0.1) is 30.2 Å². The van der Waals surface area contributed by atoms with Gasteiger partial charge in [0.15, 0.2) is 21.6 Å². The van der Waals surface area contributed by atoms with Crippen molar-refractivity contribution in [2.45, 2.75) is 98.4 Å². The van der Waals surface area contributed by atoms with E-state index in [0.717, 1.165) is 40.8 Å². The maximum Gasteiger partial charge on any atom is 0.256 e. The Kier molecular flexibility index (Phi) is 15.7. The Labute approximate surface area is 231 Å². The van der Waals surface area contributed by atoms with Gasteiger partial charge in [0.2, 0.25) is 0 Å². The second-order valence-electron chi connectivity index (χ2n) is 8.35. The molecule has 0 fully saturated rings. The Bertz CT molecular complexity index is 1130. The molecule has 0 aliphatic heterocycles. The second kappa shape index (κ2) is 16.6. The highest BCUT2D eigenvalue weighted by atomic mass is 32.2. The highest BCUT2D eigenvalue weighted by Gasteiger charge is 2.34. The van der Waals surface area contributed by atoms with Crippen molar-refractivity contribution < 1.29 is 17.9 Å². The number of nitrogens with zero attached hydrogens (tertiary/aromatic N) is 3. The SMILES string of the molecule is CC.CC.CCC.CCc1coc(CNc2nsnc2Nc2csc(S(=O)(=O)N(C)C(C)(C)C)c2O)c1. The zero-order valence-corrected chi connectivity index (χ0v) is 26.5. The van der Waals surface area contributed by atoms with Crippen LogP contribution in [0.25, 0.3) is 0 Å². The van der Waals surface area contributed by atoms with E-state index in [4.69, 9.17) is 4.42 Å². The summed E-state index contributed by atoms with van der Waals surface area (Å²) in [6.45, 7) is 20.1. The van der Waals surface area contributed by atoms with Gasteiger partial charge in [0.1, 0.15) is 5.76 Å². The maximum atomic E-state index is 12.9. The molecule has 9 nitrogen and oxygen atoms in total. The van der Waals surface area contributed by atoms with Crippen molar-refractivity contribution in [3.63, 3.8) is 0 Å². The number of aromatic nitrogens is 2. The summed E-state index contributed by atoms with van der Waals surface area (Å²) in [6, 6.07) is 1.97. The minimum Gasteiger partial charge on any atom is -0.504 e. The zero-order chi connectivity index (χ0) is 28.8. The molecule has 3 aromatic heterocycles. The third-order valence-corrected chi connectivity index (χ3v) is 8.70. The van der Waals surface area contributed by atoms with Crippen LogP contribution in [0.5, 0.6) is 5.75 Å². The van der Waals surface area contributed by atoms with E-state index in [2.05, 4.69) is 40.2 Å². The summed E-state index contributed by atoms with van der Waals surface area (Å²) in [4.78, 5) is 0. The van der Waals surface area contributed by atoms with Crippen molar-refractivity contribution >= 4 is 50.4 Å². The van der Waals surface area contributed by atoms with Crippen molar-refractivity contribution in [1.82, 2.24) is 13.1 Å². The molecule has 0 atom stereocenters. The molecule has 3 N–H and O–H groups in total.